The van der Waals surface area contributed by atoms with E-state index in [0.29, 0.717) is 30.2 Å². The molecule has 0 spiro atoms. The highest BCUT2D eigenvalue weighted by Crippen LogP contribution is 2.24. The number of rotatable bonds is 3. The lowest BCUT2D eigenvalue weighted by Gasteiger charge is -2.19. The molecular weight excluding hydrogens is 380 g/mol. The number of nitrogens with one attached hydrogen (secondary N) is 1. The molecule has 3 aromatic rings. The maximum Gasteiger partial charge on any atom is 0.270 e. The average Bonchev–Trinajstić information content (AvgIpc) is 2.91. The maximum atomic E-state index is 12.7. The number of halogens is 1. The van der Waals surface area contributed by atoms with E-state index in [-0.39, 0.29) is 22.3 Å². The van der Waals surface area contributed by atoms with E-state index < -0.39 is 6.04 Å². The first-order valence-corrected chi connectivity index (χ1v) is 9.31. The van der Waals surface area contributed by atoms with Crippen LogP contribution < -0.4 is 10.9 Å². The number of hydrogen-bond acceptors (Lipinski definition) is 6. The zero-order valence-electron chi connectivity index (χ0n) is 14.9. The van der Waals surface area contributed by atoms with E-state index in [2.05, 4.69) is 25.3 Å². The van der Waals surface area contributed by atoms with E-state index in [1.807, 2.05) is 0 Å². The molecule has 0 fully saturated rings. The summed E-state index contributed by atoms with van der Waals surface area (Å²) in [6.45, 7) is 0.563. The predicted molar refractivity (Wildman–Crippen MR) is 103 cm³/mol. The first kappa shape index (κ1) is 18.2. The summed E-state index contributed by atoms with van der Waals surface area (Å²) in [5.74, 6) is 0.164. The molecule has 1 aliphatic heterocycles. The third kappa shape index (κ3) is 3.77. The fraction of sp³-hybridized carbons (Fsp3) is 0.263. The largest absolute Gasteiger partial charge is 0.341 e. The highest BCUT2D eigenvalue weighted by atomic mass is 35.5. The number of pyridine rings is 1. The molecule has 1 amide bonds. The van der Waals surface area contributed by atoms with Gasteiger partial charge in [0, 0.05) is 18.8 Å². The minimum absolute atomic E-state index is 0.166. The molecule has 1 atom stereocenters. The lowest BCUT2D eigenvalue weighted by molar-refractivity contribution is 0.0927. The second-order valence-corrected chi connectivity index (χ2v) is 6.84. The summed E-state index contributed by atoms with van der Waals surface area (Å²) >= 11 is 5.89. The van der Waals surface area contributed by atoms with Gasteiger partial charge in [-0.1, -0.05) is 17.7 Å². The molecule has 3 aromatic heterocycles. The van der Waals surface area contributed by atoms with Gasteiger partial charge >= 0.3 is 0 Å². The van der Waals surface area contributed by atoms with Gasteiger partial charge in [0.2, 0.25) is 0 Å². The highest BCUT2D eigenvalue weighted by Gasteiger charge is 2.25. The van der Waals surface area contributed by atoms with Crippen LogP contribution in [0.3, 0.4) is 0 Å². The Morgan fingerprint density at radius 1 is 1.18 bits per heavy atom. The topological polar surface area (TPSA) is 103 Å². The standard InChI is InChI=1S/C19H17ClN6O2/c20-16-6-3-5-14(23-16)19(28)25-13-4-1-2-9-26-17(27)10-15(24-18(13)26)12-7-8-21-11-22-12/h3,5-8,10-11,13H,1-2,4,9H2,(H,25,28). The number of hydrogen-bond donors (Lipinski definition) is 1. The van der Waals surface area contributed by atoms with Crippen molar-refractivity contribution in [1.29, 1.82) is 0 Å². The van der Waals surface area contributed by atoms with Crippen molar-refractivity contribution in [3.05, 3.63) is 69.9 Å². The zero-order valence-corrected chi connectivity index (χ0v) is 15.6. The van der Waals surface area contributed by atoms with Gasteiger partial charge in [-0.2, -0.15) is 0 Å². The van der Waals surface area contributed by atoms with Crippen LogP contribution in [-0.2, 0) is 6.54 Å². The first-order valence-electron chi connectivity index (χ1n) is 8.93. The molecular formula is C19H17ClN6O2. The lowest BCUT2D eigenvalue weighted by atomic mass is 10.1. The van der Waals surface area contributed by atoms with Crippen LogP contribution in [0.4, 0.5) is 0 Å². The monoisotopic (exact) mass is 396 g/mol. The van der Waals surface area contributed by atoms with E-state index in [0.717, 1.165) is 12.8 Å². The van der Waals surface area contributed by atoms with Crippen molar-refractivity contribution >= 4 is 17.5 Å². The Labute approximate surface area is 165 Å². The fourth-order valence-corrected chi connectivity index (χ4v) is 3.40. The fourth-order valence-electron chi connectivity index (χ4n) is 3.24. The molecule has 0 bridgehead atoms. The molecule has 1 aliphatic rings. The predicted octanol–water partition coefficient (Wildman–Crippen LogP) is 2.40. The van der Waals surface area contributed by atoms with Gasteiger partial charge in [-0.15, -0.1) is 0 Å². The second kappa shape index (κ2) is 7.85. The van der Waals surface area contributed by atoms with Gasteiger partial charge in [0.1, 0.15) is 23.0 Å². The van der Waals surface area contributed by atoms with Gasteiger partial charge in [0.25, 0.3) is 11.5 Å². The van der Waals surface area contributed by atoms with Gasteiger partial charge in [0.15, 0.2) is 0 Å². The van der Waals surface area contributed by atoms with E-state index >= 15 is 0 Å². The molecule has 0 aromatic carbocycles. The zero-order chi connectivity index (χ0) is 19.5. The van der Waals surface area contributed by atoms with E-state index in [4.69, 9.17) is 11.6 Å². The Kier molecular flexibility index (Phi) is 5.12. The van der Waals surface area contributed by atoms with Gasteiger partial charge in [-0.05, 0) is 37.5 Å². The van der Waals surface area contributed by atoms with Crippen molar-refractivity contribution in [3.63, 3.8) is 0 Å². The van der Waals surface area contributed by atoms with E-state index in [1.165, 1.54) is 12.4 Å². The summed E-state index contributed by atoms with van der Waals surface area (Å²) in [6.07, 6.45) is 5.37. The van der Waals surface area contributed by atoms with Crippen LogP contribution in [0, 0.1) is 0 Å². The first-order chi connectivity index (χ1) is 13.6. The van der Waals surface area contributed by atoms with Crippen molar-refractivity contribution in [1.82, 2.24) is 29.8 Å². The minimum atomic E-state index is -0.412. The average molecular weight is 397 g/mol. The van der Waals surface area contributed by atoms with Crippen LogP contribution in [0.25, 0.3) is 11.4 Å². The van der Waals surface area contributed by atoms with Crippen molar-refractivity contribution in [3.8, 4) is 11.4 Å². The summed E-state index contributed by atoms with van der Waals surface area (Å²) < 4.78 is 1.62. The summed E-state index contributed by atoms with van der Waals surface area (Å²) in [5, 5.41) is 3.19. The van der Waals surface area contributed by atoms with Crippen LogP contribution in [0.15, 0.2) is 47.7 Å². The van der Waals surface area contributed by atoms with Crippen molar-refractivity contribution < 1.29 is 4.79 Å². The van der Waals surface area contributed by atoms with Crippen molar-refractivity contribution in [2.24, 2.45) is 0 Å². The number of amides is 1. The molecule has 1 N–H and O–H groups in total. The highest BCUT2D eigenvalue weighted by molar-refractivity contribution is 6.29. The Bertz CT molecular complexity index is 1070. The SMILES string of the molecule is O=C(NC1CCCCn2c1nc(-c1ccncn1)cc2=O)c1cccc(Cl)n1. The van der Waals surface area contributed by atoms with Crippen molar-refractivity contribution in [2.45, 2.75) is 31.8 Å². The van der Waals surface area contributed by atoms with Gasteiger partial charge in [-0.25, -0.2) is 19.9 Å². The molecule has 28 heavy (non-hydrogen) atoms. The Morgan fingerprint density at radius 3 is 2.86 bits per heavy atom. The van der Waals surface area contributed by atoms with Crippen LogP contribution in [0.5, 0.6) is 0 Å². The van der Waals surface area contributed by atoms with Gasteiger partial charge in [-0.3, -0.25) is 14.2 Å². The molecule has 9 heteroatoms. The van der Waals surface area contributed by atoms with Crippen LogP contribution in [-0.4, -0.2) is 30.4 Å². The Morgan fingerprint density at radius 2 is 2.07 bits per heavy atom. The summed E-state index contributed by atoms with van der Waals surface area (Å²) in [6, 6.07) is 7.61. The van der Waals surface area contributed by atoms with Crippen LogP contribution >= 0.6 is 11.6 Å². The molecule has 0 radical (unpaired) electrons. The summed E-state index contributed by atoms with van der Waals surface area (Å²) in [7, 11) is 0. The molecule has 0 saturated heterocycles. The molecule has 0 saturated carbocycles. The lowest BCUT2D eigenvalue weighted by Crippen LogP contribution is -2.34. The number of nitrogens with zero attached hydrogens (tertiary/aromatic N) is 5. The summed E-state index contributed by atoms with van der Waals surface area (Å²) in [4.78, 5) is 42.1. The number of fused-ring (bicyclic) bond motifs is 1. The number of aromatic nitrogens is 5. The second-order valence-electron chi connectivity index (χ2n) is 6.45. The third-order valence-electron chi connectivity index (χ3n) is 4.57. The Hall–Kier alpha value is -3.13. The van der Waals surface area contributed by atoms with Gasteiger partial charge in [0.05, 0.1) is 17.4 Å². The van der Waals surface area contributed by atoms with E-state index in [9.17, 15) is 9.59 Å². The molecule has 4 heterocycles. The number of carbonyl (C=O) groups is 1. The minimum Gasteiger partial charge on any atom is -0.341 e. The van der Waals surface area contributed by atoms with Gasteiger partial charge < -0.3 is 5.32 Å². The van der Waals surface area contributed by atoms with Crippen LogP contribution in [0.2, 0.25) is 5.15 Å². The molecule has 4 rings (SSSR count). The molecule has 142 valence electrons. The Balaban J connectivity index is 1.71. The quantitative estimate of drug-likeness (QED) is 0.682. The van der Waals surface area contributed by atoms with Crippen LogP contribution in [0.1, 0.15) is 41.6 Å². The molecule has 1 unspecified atom stereocenters. The third-order valence-corrected chi connectivity index (χ3v) is 4.78. The number of carbonyl (C=O) groups excluding carboxylic acids is 1. The van der Waals surface area contributed by atoms with E-state index in [1.54, 1.807) is 35.0 Å². The maximum absolute atomic E-state index is 12.7. The summed E-state index contributed by atoms with van der Waals surface area (Å²) in [5.41, 5.74) is 1.07. The van der Waals surface area contributed by atoms with Crippen molar-refractivity contribution in [2.75, 3.05) is 0 Å². The normalized spacial score (nSPS) is 16.1. The molecule has 0 aliphatic carbocycles. The smallest absolute Gasteiger partial charge is 0.270 e. The molecule has 8 nitrogen and oxygen atoms in total.